The number of aromatic amines is 1. The second-order valence-corrected chi connectivity index (χ2v) is 3.70. The number of H-pyrrole nitrogens is 1. The molecule has 0 fully saturated rings. The van der Waals surface area contributed by atoms with Gasteiger partial charge in [0.1, 0.15) is 0 Å². The van der Waals surface area contributed by atoms with Crippen molar-refractivity contribution in [3.8, 4) is 11.3 Å². The van der Waals surface area contributed by atoms with Crippen molar-refractivity contribution in [3.63, 3.8) is 0 Å². The Bertz CT molecular complexity index is 607. The molecule has 2 rings (SSSR count). The molecule has 1 heterocycles. The van der Waals surface area contributed by atoms with Gasteiger partial charge in [-0.15, -0.1) is 0 Å². The third-order valence-corrected chi connectivity index (χ3v) is 2.58. The molecule has 1 aromatic carbocycles. The van der Waals surface area contributed by atoms with Crippen LogP contribution in [0.5, 0.6) is 0 Å². The number of nitrogens with zero attached hydrogens (tertiary/aromatic N) is 1. The Morgan fingerprint density at radius 2 is 1.88 bits per heavy atom. The summed E-state index contributed by atoms with van der Waals surface area (Å²) in [6.45, 7) is 1.94. The fraction of sp³-hybridized carbons (Fsp3) is 0.167. The highest BCUT2D eigenvalue weighted by atomic mass is 16.2. The SMILES string of the molecule is Cc1ccccc1-c1cc(=O)n(C)c(=O)[nH]1. The van der Waals surface area contributed by atoms with Crippen LogP contribution in [0.4, 0.5) is 0 Å². The maximum atomic E-state index is 11.5. The zero-order valence-corrected chi connectivity index (χ0v) is 9.15. The van der Waals surface area contributed by atoms with E-state index in [1.54, 1.807) is 0 Å². The zero-order valence-electron chi connectivity index (χ0n) is 9.15. The normalized spacial score (nSPS) is 10.4. The molecule has 0 amide bonds. The molecule has 1 N–H and O–H groups in total. The Hall–Kier alpha value is -2.10. The highest BCUT2D eigenvalue weighted by Crippen LogP contribution is 2.18. The van der Waals surface area contributed by atoms with E-state index in [9.17, 15) is 9.59 Å². The van der Waals surface area contributed by atoms with Crippen LogP contribution in [-0.2, 0) is 7.05 Å². The van der Waals surface area contributed by atoms with Crippen molar-refractivity contribution in [2.75, 3.05) is 0 Å². The summed E-state index contributed by atoms with van der Waals surface area (Å²) in [6.07, 6.45) is 0. The van der Waals surface area contributed by atoms with Gasteiger partial charge in [0.25, 0.3) is 5.56 Å². The van der Waals surface area contributed by atoms with E-state index in [1.807, 2.05) is 31.2 Å². The standard InChI is InChI=1S/C12H12N2O2/c1-8-5-3-4-6-9(8)10-7-11(15)14(2)12(16)13-10/h3-7H,1-2H3,(H,13,16). The van der Waals surface area contributed by atoms with Gasteiger partial charge in [-0.2, -0.15) is 0 Å². The van der Waals surface area contributed by atoms with Crippen LogP contribution in [0.2, 0.25) is 0 Å². The number of aromatic nitrogens is 2. The molecule has 0 radical (unpaired) electrons. The number of benzene rings is 1. The lowest BCUT2D eigenvalue weighted by molar-refractivity contribution is 0.778. The first-order chi connectivity index (χ1) is 7.59. The van der Waals surface area contributed by atoms with Gasteiger partial charge in [-0.05, 0) is 12.5 Å². The molecule has 1 aromatic heterocycles. The number of aryl methyl sites for hydroxylation is 1. The predicted molar refractivity (Wildman–Crippen MR) is 62.5 cm³/mol. The van der Waals surface area contributed by atoms with Crippen LogP contribution in [0, 0.1) is 6.92 Å². The lowest BCUT2D eigenvalue weighted by Gasteiger charge is -2.05. The van der Waals surface area contributed by atoms with Crippen molar-refractivity contribution >= 4 is 0 Å². The molecule has 82 valence electrons. The van der Waals surface area contributed by atoms with Gasteiger partial charge in [-0.1, -0.05) is 24.3 Å². The highest BCUT2D eigenvalue weighted by molar-refractivity contribution is 5.62. The van der Waals surface area contributed by atoms with Crippen LogP contribution >= 0.6 is 0 Å². The Morgan fingerprint density at radius 3 is 2.50 bits per heavy atom. The van der Waals surface area contributed by atoms with E-state index in [0.29, 0.717) is 5.69 Å². The molecule has 0 bridgehead atoms. The Balaban J connectivity index is 2.72. The zero-order chi connectivity index (χ0) is 11.7. The smallest absolute Gasteiger partial charge is 0.307 e. The van der Waals surface area contributed by atoms with Crippen molar-refractivity contribution in [1.29, 1.82) is 0 Å². The van der Waals surface area contributed by atoms with E-state index in [1.165, 1.54) is 13.1 Å². The van der Waals surface area contributed by atoms with Crippen LogP contribution in [0.15, 0.2) is 39.9 Å². The minimum Gasteiger partial charge on any atom is -0.307 e. The van der Waals surface area contributed by atoms with Gasteiger partial charge < -0.3 is 4.98 Å². The topological polar surface area (TPSA) is 54.9 Å². The summed E-state index contributed by atoms with van der Waals surface area (Å²) in [5, 5.41) is 0. The third-order valence-electron chi connectivity index (χ3n) is 2.58. The first kappa shape index (κ1) is 10.4. The second kappa shape index (κ2) is 3.81. The minimum atomic E-state index is -0.397. The molecule has 0 unspecified atom stereocenters. The first-order valence-electron chi connectivity index (χ1n) is 4.96. The van der Waals surface area contributed by atoms with Crippen LogP contribution in [0.25, 0.3) is 11.3 Å². The molecule has 0 saturated heterocycles. The van der Waals surface area contributed by atoms with Crippen molar-refractivity contribution in [3.05, 3.63) is 56.7 Å². The minimum absolute atomic E-state index is 0.304. The van der Waals surface area contributed by atoms with Crippen molar-refractivity contribution in [2.24, 2.45) is 7.05 Å². The molecule has 16 heavy (non-hydrogen) atoms. The molecule has 0 atom stereocenters. The average molecular weight is 216 g/mol. The van der Waals surface area contributed by atoms with Crippen molar-refractivity contribution in [1.82, 2.24) is 9.55 Å². The third kappa shape index (κ3) is 1.69. The van der Waals surface area contributed by atoms with E-state index in [-0.39, 0.29) is 5.56 Å². The Labute approximate surface area is 92.2 Å². The van der Waals surface area contributed by atoms with Gasteiger partial charge in [0.2, 0.25) is 0 Å². The summed E-state index contributed by atoms with van der Waals surface area (Å²) < 4.78 is 1.04. The summed E-state index contributed by atoms with van der Waals surface area (Å²) in [7, 11) is 1.45. The fourth-order valence-electron chi connectivity index (χ4n) is 1.58. The molecule has 2 aromatic rings. The monoisotopic (exact) mass is 216 g/mol. The average Bonchev–Trinajstić information content (AvgIpc) is 2.26. The Kier molecular flexibility index (Phi) is 2.48. The maximum absolute atomic E-state index is 11.5. The first-order valence-corrected chi connectivity index (χ1v) is 4.96. The van der Waals surface area contributed by atoms with Crippen LogP contribution in [0.1, 0.15) is 5.56 Å². The van der Waals surface area contributed by atoms with E-state index < -0.39 is 5.69 Å². The second-order valence-electron chi connectivity index (χ2n) is 3.70. The van der Waals surface area contributed by atoms with Gasteiger partial charge >= 0.3 is 5.69 Å². The predicted octanol–water partition coefficient (Wildman–Crippen LogP) is 1.05. The summed E-state index contributed by atoms with van der Waals surface area (Å²) >= 11 is 0. The largest absolute Gasteiger partial charge is 0.328 e. The van der Waals surface area contributed by atoms with Crippen LogP contribution < -0.4 is 11.2 Å². The summed E-state index contributed by atoms with van der Waals surface area (Å²) in [6, 6.07) is 9.03. The van der Waals surface area contributed by atoms with E-state index in [0.717, 1.165) is 15.7 Å². The summed E-state index contributed by atoms with van der Waals surface area (Å²) in [5.41, 5.74) is 1.75. The van der Waals surface area contributed by atoms with Crippen molar-refractivity contribution < 1.29 is 0 Å². The van der Waals surface area contributed by atoms with E-state index in [4.69, 9.17) is 0 Å². The van der Waals surface area contributed by atoms with Crippen LogP contribution in [0.3, 0.4) is 0 Å². The lowest BCUT2D eigenvalue weighted by Crippen LogP contribution is -2.32. The molecule has 0 aliphatic rings. The lowest BCUT2D eigenvalue weighted by atomic mass is 10.1. The number of nitrogens with one attached hydrogen (secondary N) is 1. The molecule has 4 nitrogen and oxygen atoms in total. The van der Waals surface area contributed by atoms with Gasteiger partial charge in [0, 0.05) is 18.7 Å². The van der Waals surface area contributed by atoms with Gasteiger partial charge in [-0.3, -0.25) is 9.36 Å². The molecule has 0 spiro atoms. The van der Waals surface area contributed by atoms with Gasteiger partial charge in [-0.25, -0.2) is 4.79 Å². The number of rotatable bonds is 1. The highest BCUT2D eigenvalue weighted by Gasteiger charge is 2.04. The molecular formula is C12H12N2O2. The van der Waals surface area contributed by atoms with Gasteiger partial charge in [0.05, 0.1) is 5.69 Å². The number of hydrogen-bond acceptors (Lipinski definition) is 2. The van der Waals surface area contributed by atoms with E-state index >= 15 is 0 Å². The van der Waals surface area contributed by atoms with E-state index in [2.05, 4.69) is 4.98 Å². The molecule has 0 saturated carbocycles. The van der Waals surface area contributed by atoms with Crippen molar-refractivity contribution in [2.45, 2.75) is 6.92 Å². The Morgan fingerprint density at radius 1 is 1.19 bits per heavy atom. The van der Waals surface area contributed by atoms with Crippen LogP contribution in [-0.4, -0.2) is 9.55 Å². The number of hydrogen-bond donors (Lipinski definition) is 1. The molecule has 0 aliphatic carbocycles. The molecule has 4 heteroatoms. The summed E-state index contributed by atoms with van der Waals surface area (Å²) in [4.78, 5) is 25.6. The quantitative estimate of drug-likeness (QED) is 0.774. The molecule has 0 aliphatic heterocycles. The fourth-order valence-corrected chi connectivity index (χ4v) is 1.58. The molecular weight excluding hydrogens is 204 g/mol. The van der Waals surface area contributed by atoms with Gasteiger partial charge in [0.15, 0.2) is 0 Å². The summed E-state index contributed by atoms with van der Waals surface area (Å²) in [5.74, 6) is 0. The maximum Gasteiger partial charge on any atom is 0.328 e.